The molecule has 0 unspecified atom stereocenters. The van der Waals surface area contributed by atoms with Gasteiger partial charge in [-0.2, -0.15) is 0 Å². The highest BCUT2D eigenvalue weighted by Crippen LogP contribution is 2.17. The molecule has 1 amide bonds. The van der Waals surface area contributed by atoms with Crippen LogP contribution >= 0.6 is 0 Å². The molecule has 1 fully saturated rings. The smallest absolute Gasteiger partial charge is 0.240 e. The topological polar surface area (TPSA) is 75.7 Å². The van der Waals surface area contributed by atoms with Crippen molar-refractivity contribution in [3.05, 3.63) is 60.2 Å². The molecule has 1 aliphatic rings. The Morgan fingerprint density at radius 3 is 2.50 bits per heavy atom. The van der Waals surface area contributed by atoms with Gasteiger partial charge in [-0.1, -0.05) is 30.3 Å². The summed E-state index contributed by atoms with van der Waals surface area (Å²) in [6.45, 7) is 1.14. The number of nitrogens with one attached hydrogen (secondary N) is 1. The number of likely N-dealkylation sites (tertiary alicyclic amines) is 1. The molecule has 3 rings (SSSR count). The molecular weight excluding hydrogens is 376 g/mol. The Balaban J connectivity index is 1.47. The summed E-state index contributed by atoms with van der Waals surface area (Å²) in [5, 5.41) is 0. The van der Waals surface area contributed by atoms with Gasteiger partial charge in [0.05, 0.1) is 12.0 Å². The number of methoxy groups -OCH3 is 1. The van der Waals surface area contributed by atoms with Crippen LogP contribution in [-0.4, -0.2) is 45.5 Å². The Labute approximate surface area is 166 Å². The Bertz CT molecular complexity index is 892. The number of benzene rings is 2. The highest BCUT2D eigenvalue weighted by atomic mass is 32.2. The van der Waals surface area contributed by atoms with Crippen LogP contribution in [0.4, 0.5) is 0 Å². The van der Waals surface area contributed by atoms with E-state index in [0.717, 1.165) is 11.3 Å². The first-order valence-corrected chi connectivity index (χ1v) is 10.9. The normalized spacial score (nSPS) is 15.4. The number of hydrogen-bond donors (Lipinski definition) is 1. The van der Waals surface area contributed by atoms with E-state index in [1.165, 1.54) is 0 Å². The van der Waals surface area contributed by atoms with Crippen molar-refractivity contribution in [2.45, 2.75) is 36.6 Å². The molecule has 7 heteroatoms. The third-order valence-corrected chi connectivity index (χ3v) is 6.52. The SMILES string of the molecule is COc1cccc(CCC(=O)N2CCC(NS(=O)(=O)c3ccccc3)CC2)c1. The number of ether oxygens (including phenoxy) is 1. The number of nitrogens with zero attached hydrogens (tertiary/aromatic N) is 1. The third-order valence-electron chi connectivity index (χ3n) is 4.98. The average Bonchev–Trinajstić information content (AvgIpc) is 2.73. The number of sulfonamides is 1. The van der Waals surface area contributed by atoms with Gasteiger partial charge in [0.15, 0.2) is 0 Å². The van der Waals surface area contributed by atoms with E-state index < -0.39 is 10.0 Å². The van der Waals surface area contributed by atoms with Gasteiger partial charge in [0.2, 0.25) is 15.9 Å². The fraction of sp³-hybridized carbons (Fsp3) is 0.381. The van der Waals surface area contributed by atoms with Gasteiger partial charge in [-0.3, -0.25) is 4.79 Å². The van der Waals surface area contributed by atoms with Crippen molar-refractivity contribution in [1.82, 2.24) is 9.62 Å². The predicted molar refractivity (Wildman–Crippen MR) is 108 cm³/mol. The molecule has 0 bridgehead atoms. The molecule has 1 saturated heterocycles. The van der Waals surface area contributed by atoms with Gasteiger partial charge in [-0.05, 0) is 49.1 Å². The summed E-state index contributed by atoms with van der Waals surface area (Å²) in [5.74, 6) is 0.892. The van der Waals surface area contributed by atoms with Crippen LogP contribution in [0.5, 0.6) is 5.75 Å². The molecule has 1 heterocycles. The monoisotopic (exact) mass is 402 g/mol. The number of carbonyl (C=O) groups excluding carboxylic acids is 1. The molecule has 2 aromatic carbocycles. The minimum atomic E-state index is -3.52. The summed E-state index contributed by atoms with van der Waals surface area (Å²) in [7, 11) is -1.89. The van der Waals surface area contributed by atoms with Gasteiger partial charge in [0, 0.05) is 25.6 Å². The zero-order chi connectivity index (χ0) is 20.0. The summed E-state index contributed by atoms with van der Waals surface area (Å²) in [6.07, 6.45) is 2.35. The van der Waals surface area contributed by atoms with Gasteiger partial charge in [-0.15, -0.1) is 0 Å². The molecule has 1 aliphatic heterocycles. The van der Waals surface area contributed by atoms with Crippen LogP contribution in [0, 0.1) is 0 Å². The van der Waals surface area contributed by atoms with Crippen LogP contribution in [0.1, 0.15) is 24.8 Å². The first-order valence-electron chi connectivity index (χ1n) is 9.46. The number of aryl methyl sites for hydroxylation is 1. The molecule has 0 spiro atoms. The third kappa shape index (κ3) is 5.33. The maximum Gasteiger partial charge on any atom is 0.240 e. The highest BCUT2D eigenvalue weighted by Gasteiger charge is 2.26. The van der Waals surface area contributed by atoms with Gasteiger partial charge in [-0.25, -0.2) is 13.1 Å². The molecule has 0 saturated carbocycles. The molecule has 150 valence electrons. The van der Waals surface area contributed by atoms with Gasteiger partial charge in [0.25, 0.3) is 0 Å². The number of rotatable bonds is 7. The van der Waals surface area contributed by atoms with E-state index in [1.54, 1.807) is 37.4 Å². The lowest BCUT2D eigenvalue weighted by molar-refractivity contribution is -0.132. The minimum absolute atomic E-state index is 0.104. The molecule has 1 N–H and O–H groups in total. The second kappa shape index (κ2) is 9.21. The fourth-order valence-corrected chi connectivity index (χ4v) is 4.70. The van der Waals surface area contributed by atoms with E-state index >= 15 is 0 Å². The zero-order valence-electron chi connectivity index (χ0n) is 16.0. The van der Waals surface area contributed by atoms with Crippen molar-refractivity contribution in [1.29, 1.82) is 0 Å². The Morgan fingerprint density at radius 2 is 1.82 bits per heavy atom. The number of amides is 1. The fourth-order valence-electron chi connectivity index (χ4n) is 3.37. The van der Waals surface area contributed by atoms with E-state index in [-0.39, 0.29) is 16.8 Å². The summed E-state index contributed by atoms with van der Waals surface area (Å²) < 4.78 is 32.8. The van der Waals surface area contributed by atoms with Gasteiger partial charge in [0.1, 0.15) is 5.75 Å². The minimum Gasteiger partial charge on any atom is -0.497 e. The molecule has 0 aromatic heterocycles. The van der Waals surface area contributed by atoms with Crippen molar-refractivity contribution in [3.63, 3.8) is 0 Å². The van der Waals surface area contributed by atoms with Crippen LogP contribution in [0.25, 0.3) is 0 Å². The predicted octanol–water partition coefficient (Wildman–Crippen LogP) is 2.60. The Kier molecular flexibility index (Phi) is 6.70. The summed E-state index contributed by atoms with van der Waals surface area (Å²) in [4.78, 5) is 14.6. The molecule has 2 aromatic rings. The van der Waals surface area contributed by atoms with Crippen molar-refractivity contribution < 1.29 is 17.9 Å². The number of carbonyl (C=O) groups is 1. The summed E-state index contributed by atoms with van der Waals surface area (Å²) in [6, 6.07) is 15.9. The van der Waals surface area contributed by atoms with E-state index in [4.69, 9.17) is 4.74 Å². The van der Waals surface area contributed by atoms with E-state index in [1.807, 2.05) is 29.2 Å². The molecular formula is C21H26N2O4S. The molecule has 28 heavy (non-hydrogen) atoms. The quantitative estimate of drug-likeness (QED) is 0.772. The largest absolute Gasteiger partial charge is 0.497 e. The lowest BCUT2D eigenvalue weighted by Gasteiger charge is -2.32. The molecule has 6 nitrogen and oxygen atoms in total. The van der Waals surface area contributed by atoms with Crippen molar-refractivity contribution in [2.75, 3.05) is 20.2 Å². The Hall–Kier alpha value is -2.38. The van der Waals surface area contributed by atoms with Crippen LogP contribution in [0.3, 0.4) is 0 Å². The lowest BCUT2D eigenvalue weighted by Crippen LogP contribution is -2.46. The molecule has 0 radical (unpaired) electrons. The average molecular weight is 403 g/mol. The number of hydrogen-bond acceptors (Lipinski definition) is 4. The van der Waals surface area contributed by atoms with Gasteiger partial charge >= 0.3 is 0 Å². The first kappa shape index (κ1) is 20.4. The zero-order valence-corrected chi connectivity index (χ0v) is 16.8. The van der Waals surface area contributed by atoms with Crippen LogP contribution in [0.15, 0.2) is 59.5 Å². The van der Waals surface area contributed by atoms with Crippen molar-refractivity contribution >= 4 is 15.9 Å². The molecule has 0 aliphatic carbocycles. The van der Waals surface area contributed by atoms with E-state index in [9.17, 15) is 13.2 Å². The van der Waals surface area contributed by atoms with Crippen LogP contribution < -0.4 is 9.46 Å². The van der Waals surface area contributed by atoms with E-state index in [0.29, 0.717) is 38.8 Å². The second-order valence-corrected chi connectivity index (χ2v) is 8.65. The van der Waals surface area contributed by atoms with Crippen LogP contribution in [-0.2, 0) is 21.2 Å². The standard InChI is InChI=1S/C21H26N2O4S/c1-27-19-7-5-6-17(16-19)10-11-21(24)23-14-12-18(13-15-23)22-28(25,26)20-8-3-2-4-9-20/h2-9,16,18,22H,10-15H2,1H3. The van der Waals surface area contributed by atoms with Crippen molar-refractivity contribution in [2.24, 2.45) is 0 Å². The second-order valence-electron chi connectivity index (χ2n) is 6.94. The van der Waals surface area contributed by atoms with Crippen LogP contribution in [0.2, 0.25) is 0 Å². The van der Waals surface area contributed by atoms with E-state index in [2.05, 4.69) is 4.72 Å². The number of piperidine rings is 1. The van der Waals surface area contributed by atoms with Crippen molar-refractivity contribution in [3.8, 4) is 5.75 Å². The lowest BCUT2D eigenvalue weighted by atomic mass is 10.0. The summed E-state index contributed by atoms with van der Waals surface area (Å²) in [5.41, 5.74) is 1.07. The Morgan fingerprint density at radius 1 is 1.11 bits per heavy atom. The first-order chi connectivity index (χ1) is 13.5. The maximum absolute atomic E-state index is 12.5. The molecule has 0 atom stereocenters. The van der Waals surface area contributed by atoms with Gasteiger partial charge < -0.3 is 9.64 Å². The maximum atomic E-state index is 12.5. The summed E-state index contributed by atoms with van der Waals surface area (Å²) >= 11 is 0. The highest BCUT2D eigenvalue weighted by molar-refractivity contribution is 7.89.